The molecule has 0 aliphatic carbocycles. The van der Waals surface area contributed by atoms with Gasteiger partial charge in [-0.25, -0.2) is 0 Å². The Labute approximate surface area is 108 Å². The van der Waals surface area contributed by atoms with Gasteiger partial charge in [0.15, 0.2) is 0 Å². The number of aryl methyl sites for hydroxylation is 1. The molecule has 2 rings (SSSR count). The van der Waals surface area contributed by atoms with E-state index in [4.69, 9.17) is 17.3 Å². The molecule has 0 atom stereocenters. The lowest BCUT2D eigenvalue weighted by Gasteiger charge is -2.30. The summed E-state index contributed by atoms with van der Waals surface area (Å²) in [4.78, 5) is 2.36. The highest BCUT2D eigenvalue weighted by molar-refractivity contribution is 6.31. The molecule has 1 saturated heterocycles. The van der Waals surface area contributed by atoms with Crippen LogP contribution in [0.15, 0.2) is 12.1 Å². The van der Waals surface area contributed by atoms with Crippen molar-refractivity contribution in [1.29, 1.82) is 0 Å². The van der Waals surface area contributed by atoms with E-state index in [9.17, 15) is 0 Å². The van der Waals surface area contributed by atoms with Gasteiger partial charge in [0.1, 0.15) is 0 Å². The van der Waals surface area contributed by atoms with Gasteiger partial charge in [0.05, 0.1) is 11.4 Å². The molecule has 3 N–H and O–H groups in total. The minimum atomic E-state index is 0.522. The molecule has 1 aliphatic heterocycles. The number of likely N-dealkylation sites (tertiary alicyclic amines) is 1. The molecule has 1 aromatic rings. The normalized spacial score (nSPS) is 18.3. The second-order valence-corrected chi connectivity index (χ2v) is 5.32. The van der Waals surface area contributed by atoms with Gasteiger partial charge in [-0.2, -0.15) is 0 Å². The third-order valence-electron chi connectivity index (χ3n) is 3.41. The summed E-state index contributed by atoms with van der Waals surface area (Å²) >= 11 is 6.03. The molecule has 1 aromatic carbocycles. The van der Waals surface area contributed by atoms with Gasteiger partial charge in [-0.3, -0.25) is 0 Å². The number of halogens is 1. The molecule has 17 heavy (non-hydrogen) atoms. The van der Waals surface area contributed by atoms with Crippen molar-refractivity contribution in [3.05, 3.63) is 22.7 Å². The summed E-state index contributed by atoms with van der Waals surface area (Å²) in [7, 11) is 2.16. The summed E-state index contributed by atoms with van der Waals surface area (Å²) < 4.78 is 0. The van der Waals surface area contributed by atoms with Crippen molar-refractivity contribution >= 4 is 23.0 Å². The van der Waals surface area contributed by atoms with Gasteiger partial charge in [-0.05, 0) is 57.6 Å². The maximum atomic E-state index is 6.03. The van der Waals surface area contributed by atoms with Crippen LogP contribution in [0.5, 0.6) is 0 Å². The number of rotatable bonds is 2. The average Bonchev–Trinajstić information content (AvgIpc) is 2.29. The predicted molar refractivity (Wildman–Crippen MR) is 74.7 cm³/mol. The molecule has 1 heterocycles. The number of piperidine rings is 1. The summed E-state index contributed by atoms with van der Waals surface area (Å²) in [5.41, 5.74) is 8.79. The van der Waals surface area contributed by atoms with Crippen LogP contribution in [-0.4, -0.2) is 31.1 Å². The summed E-state index contributed by atoms with van der Waals surface area (Å²) in [5, 5.41) is 4.26. The summed E-state index contributed by atoms with van der Waals surface area (Å²) in [5.74, 6) is 0. The molecule has 0 spiro atoms. The molecular formula is C13H20ClN3. The van der Waals surface area contributed by atoms with Crippen LogP contribution in [0.4, 0.5) is 11.4 Å². The maximum absolute atomic E-state index is 6.03. The van der Waals surface area contributed by atoms with Crippen LogP contribution < -0.4 is 11.1 Å². The Bertz CT molecular complexity index is 398. The van der Waals surface area contributed by atoms with Gasteiger partial charge >= 0.3 is 0 Å². The summed E-state index contributed by atoms with van der Waals surface area (Å²) in [6.07, 6.45) is 2.33. The first kappa shape index (κ1) is 12.5. The largest absolute Gasteiger partial charge is 0.397 e. The zero-order valence-corrected chi connectivity index (χ0v) is 11.2. The highest BCUT2D eigenvalue weighted by Gasteiger charge is 2.17. The molecule has 3 nitrogen and oxygen atoms in total. The Kier molecular flexibility index (Phi) is 3.79. The Hall–Kier alpha value is -0.930. The fourth-order valence-electron chi connectivity index (χ4n) is 2.19. The number of nitrogen functional groups attached to an aromatic ring is 1. The monoisotopic (exact) mass is 253 g/mol. The van der Waals surface area contributed by atoms with E-state index in [1.807, 2.05) is 19.1 Å². The zero-order valence-electron chi connectivity index (χ0n) is 10.5. The van der Waals surface area contributed by atoms with Crippen LogP contribution in [0.3, 0.4) is 0 Å². The minimum Gasteiger partial charge on any atom is -0.397 e. The van der Waals surface area contributed by atoms with E-state index >= 15 is 0 Å². The highest BCUT2D eigenvalue weighted by atomic mass is 35.5. The van der Waals surface area contributed by atoms with E-state index in [0.29, 0.717) is 6.04 Å². The number of nitrogens with one attached hydrogen (secondary N) is 1. The van der Waals surface area contributed by atoms with E-state index in [2.05, 4.69) is 17.3 Å². The molecule has 0 amide bonds. The standard InChI is InChI=1S/C13H20ClN3/c1-9-7-13(12(15)8-11(9)14)16-10-3-5-17(2)6-4-10/h7-8,10,16H,3-6,15H2,1-2H3. The molecule has 0 aromatic heterocycles. The zero-order chi connectivity index (χ0) is 12.4. The lowest BCUT2D eigenvalue weighted by atomic mass is 10.0. The molecular weight excluding hydrogens is 234 g/mol. The Morgan fingerprint density at radius 3 is 2.65 bits per heavy atom. The van der Waals surface area contributed by atoms with Crippen molar-refractivity contribution in [3.63, 3.8) is 0 Å². The van der Waals surface area contributed by atoms with Gasteiger partial charge in [0.25, 0.3) is 0 Å². The molecule has 1 aliphatic rings. The van der Waals surface area contributed by atoms with E-state index in [1.54, 1.807) is 0 Å². The maximum Gasteiger partial charge on any atom is 0.0579 e. The van der Waals surface area contributed by atoms with Crippen LogP contribution in [0.25, 0.3) is 0 Å². The summed E-state index contributed by atoms with van der Waals surface area (Å²) in [6, 6.07) is 4.39. The highest BCUT2D eigenvalue weighted by Crippen LogP contribution is 2.28. The third kappa shape index (κ3) is 3.05. The van der Waals surface area contributed by atoms with Crippen molar-refractivity contribution in [2.45, 2.75) is 25.8 Å². The smallest absolute Gasteiger partial charge is 0.0579 e. The Morgan fingerprint density at radius 1 is 1.35 bits per heavy atom. The molecule has 0 radical (unpaired) electrons. The second kappa shape index (κ2) is 5.15. The van der Waals surface area contributed by atoms with Gasteiger partial charge in [-0.15, -0.1) is 0 Å². The first-order valence-corrected chi connectivity index (χ1v) is 6.45. The van der Waals surface area contributed by atoms with Crippen molar-refractivity contribution in [3.8, 4) is 0 Å². The SMILES string of the molecule is Cc1cc(NC2CCN(C)CC2)c(N)cc1Cl. The van der Waals surface area contributed by atoms with E-state index < -0.39 is 0 Å². The third-order valence-corrected chi connectivity index (χ3v) is 3.82. The number of nitrogens with zero attached hydrogens (tertiary/aromatic N) is 1. The quantitative estimate of drug-likeness (QED) is 0.797. The van der Waals surface area contributed by atoms with Crippen LogP contribution >= 0.6 is 11.6 Å². The molecule has 0 bridgehead atoms. The lowest BCUT2D eigenvalue weighted by molar-refractivity contribution is 0.264. The first-order valence-electron chi connectivity index (χ1n) is 6.07. The van der Waals surface area contributed by atoms with Crippen LogP contribution in [-0.2, 0) is 0 Å². The number of nitrogens with two attached hydrogens (primary N) is 1. The number of hydrogen-bond acceptors (Lipinski definition) is 3. The van der Waals surface area contributed by atoms with Crippen molar-refractivity contribution < 1.29 is 0 Å². The molecule has 4 heteroatoms. The van der Waals surface area contributed by atoms with Gasteiger partial charge in [0, 0.05) is 11.1 Å². The number of hydrogen-bond donors (Lipinski definition) is 2. The van der Waals surface area contributed by atoms with Crippen LogP contribution in [0.2, 0.25) is 5.02 Å². The molecule has 0 saturated carbocycles. The number of anilines is 2. The second-order valence-electron chi connectivity index (χ2n) is 4.91. The fraction of sp³-hybridized carbons (Fsp3) is 0.538. The van der Waals surface area contributed by atoms with E-state index in [0.717, 1.165) is 47.9 Å². The van der Waals surface area contributed by atoms with Crippen molar-refractivity contribution in [2.75, 3.05) is 31.2 Å². The van der Waals surface area contributed by atoms with Crippen LogP contribution in [0, 0.1) is 6.92 Å². The molecule has 94 valence electrons. The number of benzene rings is 1. The van der Waals surface area contributed by atoms with Gasteiger partial charge in [0.2, 0.25) is 0 Å². The molecule has 0 unspecified atom stereocenters. The Balaban J connectivity index is 2.06. The van der Waals surface area contributed by atoms with Gasteiger partial charge in [-0.1, -0.05) is 11.6 Å². The minimum absolute atomic E-state index is 0.522. The average molecular weight is 254 g/mol. The Morgan fingerprint density at radius 2 is 2.00 bits per heavy atom. The van der Waals surface area contributed by atoms with Crippen molar-refractivity contribution in [1.82, 2.24) is 4.90 Å². The predicted octanol–water partition coefficient (Wildman–Crippen LogP) is 2.74. The van der Waals surface area contributed by atoms with E-state index in [1.165, 1.54) is 0 Å². The summed E-state index contributed by atoms with van der Waals surface area (Å²) in [6.45, 7) is 4.29. The first-order chi connectivity index (χ1) is 8.06. The van der Waals surface area contributed by atoms with Crippen molar-refractivity contribution in [2.24, 2.45) is 0 Å². The molecule has 1 fully saturated rings. The topological polar surface area (TPSA) is 41.3 Å². The van der Waals surface area contributed by atoms with Crippen LogP contribution in [0.1, 0.15) is 18.4 Å². The fourth-order valence-corrected chi connectivity index (χ4v) is 2.37. The lowest BCUT2D eigenvalue weighted by Crippen LogP contribution is -2.36. The van der Waals surface area contributed by atoms with E-state index in [-0.39, 0.29) is 0 Å². The van der Waals surface area contributed by atoms with Gasteiger partial charge < -0.3 is 16.0 Å².